The van der Waals surface area contributed by atoms with Gasteiger partial charge in [0.2, 0.25) is 0 Å². The van der Waals surface area contributed by atoms with Crippen LogP contribution in [0.5, 0.6) is 0 Å². The van der Waals surface area contributed by atoms with Crippen LogP contribution in [0.2, 0.25) is 0 Å². The maximum atomic E-state index is 11.5. The highest BCUT2D eigenvalue weighted by Crippen LogP contribution is 2.12. The standard InChI is InChI=1S/C19H32ClNO8/c20-8-3-1-2-4-9-25-11-13-27-15-16-28-14-12-26-10-7-19(24)29-21-17(22)5-6-18(21)23/h1-16H2. The molecule has 2 amide bonds. The zero-order chi connectivity index (χ0) is 21.2. The summed E-state index contributed by atoms with van der Waals surface area (Å²) in [6.07, 6.45) is 4.50. The number of alkyl halides is 1. The third-order valence-corrected chi connectivity index (χ3v) is 4.20. The van der Waals surface area contributed by atoms with Crippen LogP contribution in [-0.2, 0) is 38.2 Å². The quantitative estimate of drug-likeness (QED) is 0.171. The van der Waals surface area contributed by atoms with Crippen LogP contribution in [0.3, 0.4) is 0 Å². The summed E-state index contributed by atoms with van der Waals surface area (Å²) in [7, 11) is 0. The van der Waals surface area contributed by atoms with E-state index >= 15 is 0 Å². The summed E-state index contributed by atoms with van der Waals surface area (Å²) < 4.78 is 21.4. The second-order valence-corrected chi connectivity index (χ2v) is 6.73. The monoisotopic (exact) mass is 437 g/mol. The summed E-state index contributed by atoms with van der Waals surface area (Å²) >= 11 is 5.61. The maximum absolute atomic E-state index is 11.5. The van der Waals surface area contributed by atoms with Gasteiger partial charge >= 0.3 is 5.97 Å². The molecule has 10 heteroatoms. The van der Waals surface area contributed by atoms with Gasteiger partial charge < -0.3 is 23.8 Å². The van der Waals surface area contributed by atoms with Gasteiger partial charge in [-0.1, -0.05) is 12.8 Å². The number of halogens is 1. The lowest BCUT2D eigenvalue weighted by atomic mass is 10.2. The van der Waals surface area contributed by atoms with E-state index in [1.165, 1.54) is 0 Å². The fourth-order valence-electron chi connectivity index (χ4n) is 2.37. The van der Waals surface area contributed by atoms with E-state index in [0.29, 0.717) is 44.7 Å². The maximum Gasteiger partial charge on any atom is 0.335 e. The first-order valence-corrected chi connectivity index (χ1v) is 10.6. The molecule has 1 aliphatic rings. The van der Waals surface area contributed by atoms with Gasteiger partial charge in [0.1, 0.15) is 0 Å². The molecule has 1 aliphatic heterocycles. The number of carbonyl (C=O) groups is 3. The lowest BCUT2D eigenvalue weighted by Crippen LogP contribution is -2.32. The zero-order valence-corrected chi connectivity index (χ0v) is 17.7. The van der Waals surface area contributed by atoms with E-state index in [0.717, 1.165) is 38.2 Å². The predicted octanol–water partition coefficient (Wildman–Crippen LogP) is 1.85. The molecule has 0 aromatic heterocycles. The van der Waals surface area contributed by atoms with Crippen LogP contribution in [0.15, 0.2) is 0 Å². The number of ether oxygens (including phenoxy) is 4. The minimum absolute atomic E-state index is 0.0487. The van der Waals surface area contributed by atoms with Crippen LogP contribution < -0.4 is 0 Å². The van der Waals surface area contributed by atoms with E-state index < -0.39 is 17.8 Å². The number of hydrogen-bond donors (Lipinski definition) is 0. The van der Waals surface area contributed by atoms with Gasteiger partial charge in [-0.3, -0.25) is 9.59 Å². The molecule has 1 rings (SSSR count). The van der Waals surface area contributed by atoms with Gasteiger partial charge in [-0.25, -0.2) is 4.79 Å². The Morgan fingerprint density at radius 2 is 1.21 bits per heavy atom. The van der Waals surface area contributed by atoms with Crippen LogP contribution in [0, 0.1) is 0 Å². The van der Waals surface area contributed by atoms with Gasteiger partial charge in [-0.15, -0.1) is 16.7 Å². The lowest BCUT2D eigenvalue weighted by Gasteiger charge is -2.12. The van der Waals surface area contributed by atoms with Crippen molar-refractivity contribution in [3.05, 3.63) is 0 Å². The van der Waals surface area contributed by atoms with Crippen molar-refractivity contribution >= 4 is 29.4 Å². The Morgan fingerprint density at radius 3 is 1.76 bits per heavy atom. The number of amides is 2. The van der Waals surface area contributed by atoms with E-state index in [9.17, 15) is 14.4 Å². The van der Waals surface area contributed by atoms with Crippen molar-refractivity contribution < 1.29 is 38.2 Å². The lowest BCUT2D eigenvalue weighted by molar-refractivity contribution is -0.198. The van der Waals surface area contributed by atoms with Crippen molar-refractivity contribution in [1.82, 2.24) is 5.06 Å². The molecule has 0 unspecified atom stereocenters. The first-order valence-electron chi connectivity index (χ1n) is 10.1. The van der Waals surface area contributed by atoms with Gasteiger partial charge in [-0.2, -0.15) is 0 Å². The topological polar surface area (TPSA) is 101 Å². The second kappa shape index (κ2) is 17.6. The Labute approximate surface area is 176 Å². The van der Waals surface area contributed by atoms with Crippen LogP contribution in [0.25, 0.3) is 0 Å². The zero-order valence-electron chi connectivity index (χ0n) is 16.9. The average Bonchev–Trinajstić information content (AvgIpc) is 3.02. The normalized spacial score (nSPS) is 14.0. The third-order valence-electron chi connectivity index (χ3n) is 3.94. The molecular formula is C19H32ClNO8. The number of hydrogen-bond acceptors (Lipinski definition) is 8. The van der Waals surface area contributed by atoms with E-state index in [-0.39, 0.29) is 25.9 Å². The van der Waals surface area contributed by atoms with Crippen LogP contribution in [-0.4, -0.2) is 81.6 Å². The molecule has 9 nitrogen and oxygen atoms in total. The Bertz CT molecular complexity index is 461. The number of hydroxylamine groups is 2. The van der Waals surface area contributed by atoms with Crippen molar-refractivity contribution in [3.63, 3.8) is 0 Å². The first-order chi connectivity index (χ1) is 14.1. The Kier molecular flexibility index (Phi) is 15.6. The summed E-state index contributed by atoms with van der Waals surface area (Å²) in [5.74, 6) is -0.947. The number of imide groups is 1. The summed E-state index contributed by atoms with van der Waals surface area (Å²) in [5.41, 5.74) is 0. The number of carbonyl (C=O) groups excluding carboxylic acids is 3. The Balaban J connectivity index is 1.77. The van der Waals surface area contributed by atoms with Crippen molar-refractivity contribution in [1.29, 1.82) is 0 Å². The molecule has 0 atom stereocenters. The van der Waals surface area contributed by atoms with Crippen LogP contribution in [0.4, 0.5) is 0 Å². The molecule has 0 N–H and O–H groups in total. The smallest absolute Gasteiger partial charge is 0.335 e. The predicted molar refractivity (Wildman–Crippen MR) is 104 cm³/mol. The van der Waals surface area contributed by atoms with E-state index in [1.54, 1.807) is 0 Å². The van der Waals surface area contributed by atoms with Gasteiger partial charge in [0.05, 0.1) is 52.7 Å². The van der Waals surface area contributed by atoms with Gasteiger partial charge in [0.15, 0.2) is 0 Å². The minimum Gasteiger partial charge on any atom is -0.379 e. The van der Waals surface area contributed by atoms with Gasteiger partial charge in [0, 0.05) is 25.3 Å². The molecule has 0 bridgehead atoms. The highest BCUT2D eigenvalue weighted by molar-refractivity contribution is 6.17. The minimum atomic E-state index is -0.680. The molecule has 0 spiro atoms. The number of rotatable bonds is 19. The molecule has 168 valence electrons. The molecule has 0 aromatic rings. The molecule has 0 saturated carbocycles. The van der Waals surface area contributed by atoms with E-state index in [1.807, 2.05) is 0 Å². The molecule has 29 heavy (non-hydrogen) atoms. The molecular weight excluding hydrogens is 406 g/mol. The highest BCUT2D eigenvalue weighted by Gasteiger charge is 2.32. The Hall–Kier alpha value is -1.26. The van der Waals surface area contributed by atoms with Crippen molar-refractivity contribution in [2.24, 2.45) is 0 Å². The Morgan fingerprint density at radius 1 is 0.724 bits per heavy atom. The first kappa shape index (κ1) is 25.8. The number of nitrogens with zero attached hydrogens (tertiary/aromatic N) is 1. The fourth-order valence-corrected chi connectivity index (χ4v) is 2.56. The average molecular weight is 438 g/mol. The summed E-state index contributed by atoms with van der Waals surface area (Å²) in [6, 6.07) is 0. The second-order valence-electron chi connectivity index (χ2n) is 6.35. The largest absolute Gasteiger partial charge is 0.379 e. The molecule has 1 fully saturated rings. The molecule has 0 radical (unpaired) electrons. The van der Waals surface area contributed by atoms with E-state index in [4.69, 9.17) is 35.4 Å². The summed E-state index contributed by atoms with van der Waals surface area (Å²) in [5, 5.41) is 0.527. The van der Waals surface area contributed by atoms with Crippen LogP contribution in [0.1, 0.15) is 44.9 Å². The molecule has 1 saturated heterocycles. The van der Waals surface area contributed by atoms with Crippen molar-refractivity contribution in [2.75, 3.05) is 58.7 Å². The van der Waals surface area contributed by atoms with Crippen LogP contribution >= 0.6 is 11.6 Å². The van der Waals surface area contributed by atoms with E-state index in [2.05, 4.69) is 0 Å². The molecule has 1 heterocycles. The third kappa shape index (κ3) is 13.6. The van der Waals surface area contributed by atoms with Gasteiger partial charge in [0.25, 0.3) is 11.8 Å². The van der Waals surface area contributed by atoms with Crippen molar-refractivity contribution in [3.8, 4) is 0 Å². The van der Waals surface area contributed by atoms with Crippen molar-refractivity contribution in [2.45, 2.75) is 44.9 Å². The number of unbranched alkanes of at least 4 members (excludes halogenated alkanes) is 3. The SMILES string of the molecule is O=C(CCOCCOCCOCCOCCCCCCCl)ON1C(=O)CCC1=O. The summed E-state index contributed by atoms with van der Waals surface area (Å²) in [4.78, 5) is 38.9. The fraction of sp³-hybridized carbons (Fsp3) is 0.842. The highest BCUT2D eigenvalue weighted by atomic mass is 35.5. The molecule has 0 aliphatic carbocycles. The molecule has 0 aromatic carbocycles. The van der Waals surface area contributed by atoms with Gasteiger partial charge in [-0.05, 0) is 12.8 Å². The summed E-state index contributed by atoms with van der Waals surface area (Å²) in [6.45, 7) is 3.60.